The number of carbonyl (C=O) groups excluding carboxylic acids is 1. The van der Waals surface area contributed by atoms with Crippen molar-refractivity contribution in [3.8, 4) is 0 Å². The van der Waals surface area contributed by atoms with Crippen LogP contribution in [-0.2, 0) is 27.8 Å². The van der Waals surface area contributed by atoms with Gasteiger partial charge in [0.15, 0.2) is 0 Å². The molecule has 6 nitrogen and oxygen atoms in total. The summed E-state index contributed by atoms with van der Waals surface area (Å²) in [7, 11) is -3.73. The van der Waals surface area contributed by atoms with Crippen LogP contribution in [0.4, 0.5) is 0 Å². The van der Waals surface area contributed by atoms with E-state index in [0.29, 0.717) is 19.0 Å². The second-order valence-corrected chi connectivity index (χ2v) is 10.9. The normalized spacial score (nSPS) is 14.8. The predicted octanol–water partition coefficient (Wildman–Crippen LogP) is 3.21. The van der Waals surface area contributed by atoms with Crippen LogP contribution in [0.15, 0.2) is 53.4 Å². The Morgan fingerprint density at radius 1 is 1.06 bits per heavy atom. The fourth-order valence-corrected chi connectivity index (χ4v) is 5.44. The lowest BCUT2D eigenvalue weighted by Crippen LogP contribution is -2.47. The van der Waals surface area contributed by atoms with Crippen LogP contribution in [-0.4, -0.2) is 56.3 Å². The number of hydrogen-bond donors (Lipinski definition) is 1. The van der Waals surface area contributed by atoms with E-state index in [1.807, 2.05) is 48.2 Å². The molecule has 0 unspecified atom stereocenters. The van der Waals surface area contributed by atoms with Gasteiger partial charge in [-0.25, -0.2) is 8.42 Å². The van der Waals surface area contributed by atoms with Crippen molar-refractivity contribution in [2.75, 3.05) is 32.7 Å². The quantitative estimate of drug-likeness (QED) is 0.628. The summed E-state index contributed by atoms with van der Waals surface area (Å²) in [5.74, 6) is 0.509. The summed E-state index contributed by atoms with van der Waals surface area (Å²) in [5, 5.41) is 3.23. The molecule has 1 aliphatic rings. The van der Waals surface area contributed by atoms with Crippen molar-refractivity contribution in [1.82, 2.24) is 14.5 Å². The van der Waals surface area contributed by atoms with E-state index in [1.165, 1.54) is 4.31 Å². The van der Waals surface area contributed by atoms with Crippen LogP contribution in [0.25, 0.3) is 0 Å². The third kappa shape index (κ3) is 6.64. The summed E-state index contributed by atoms with van der Waals surface area (Å²) in [5.41, 5.74) is 3.12. The second-order valence-electron chi connectivity index (χ2n) is 8.95. The zero-order valence-electron chi connectivity index (χ0n) is 19.4. The van der Waals surface area contributed by atoms with Crippen molar-refractivity contribution in [2.45, 2.75) is 45.1 Å². The maximum atomic E-state index is 13.5. The second kappa shape index (κ2) is 11.1. The van der Waals surface area contributed by atoms with Crippen molar-refractivity contribution in [3.63, 3.8) is 0 Å². The lowest BCUT2D eigenvalue weighted by molar-refractivity contribution is -0.131. The van der Waals surface area contributed by atoms with Gasteiger partial charge in [0.2, 0.25) is 15.9 Å². The summed E-state index contributed by atoms with van der Waals surface area (Å²) in [6.07, 6.45) is 1.09. The number of sulfonamides is 1. The Morgan fingerprint density at radius 3 is 2.38 bits per heavy atom. The van der Waals surface area contributed by atoms with Crippen molar-refractivity contribution < 1.29 is 13.2 Å². The van der Waals surface area contributed by atoms with Gasteiger partial charge in [-0.2, -0.15) is 4.31 Å². The zero-order valence-corrected chi connectivity index (χ0v) is 20.2. The Balaban J connectivity index is 1.80. The molecule has 0 spiro atoms. The van der Waals surface area contributed by atoms with Crippen molar-refractivity contribution >= 4 is 15.9 Å². The lowest BCUT2D eigenvalue weighted by atomic mass is 10.0. The van der Waals surface area contributed by atoms with Gasteiger partial charge in [0.05, 0.1) is 4.90 Å². The largest absolute Gasteiger partial charge is 0.340 e. The molecule has 1 saturated heterocycles. The Bertz CT molecular complexity index is 997. The van der Waals surface area contributed by atoms with Gasteiger partial charge in [0.25, 0.3) is 0 Å². The van der Waals surface area contributed by atoms with Gasteiger partial charge in [-0.3, -0.25) is 4.79 Å². The van der Waals surface area contributed by atoms with Crippen LogP contribution >= 0.6 is 0 Å². The summed E-state index contributed by atoms with van der Waals surface area (Å²) in [6, 6.07) is 15.0. The molecule has 1 aliphatic heterocycles. The molecule has 0 saturated carbocycles. The average molecular weight is 458 g/mol. The minimum absolute atomic E-state index is 0.00298. The first kappa shape index (κ1) is 24.4. The fourth-order valence-electron chi connectivity index (χ4n) is 4.01. The molecule has 1 heterocycles. The number of carbonyl (C=O) groups is 1. The zero-order chi connectivity index (χ0) is 23.1. The number of benzene rings is 2. The molecule has 0 atom stereocenters. The monoisotopic (exact) mass is 457 g/mol. The highest BCUT2D eigenvalue weighted by molar-refractivity contribution is 7.89. The molecule has 1 amide bonds. The summed E-state index contributed by atoms with van der Waals surface area (Å²) in [4.78, 5) is 14.8. The summed E-state index contributed by atoms with van der Waals surface area (Å²) >= 11 is 0. The minimum atomic E-state index is -3.73. The molecule has 7 heteroatoms. The first-order valence-corrected chi connectivity index (χ1v) is 12.8. The third-order valence-electron chi connectivity index (χ3n) is 5.69. The molecular formula is C25H35N3O3S. The van der Waals surface area contributed by atoms with E-state index >= 15 is 0 Å². The molecule has 32 heavy (non-hydrogen) atoms. The number of nitrogens with one attached hydrogen (secondary N) is 1. The van der Waals surface area contributed by atoms with E-state index in [-0.39, 0.29) is 30.3 Å². The molecule has 2 aromatic carbocycles. The van der Waals surface area contributed by atoms with Gasteiger partial charge in [0, 0.05) is 45.7 Å². The first-order chi connectivity index (χ1) is 15.3. The molecule has 1 N–H and O–H groups in total. The molecule has 0 radical (unpaired) electrons. The number of hydrogen-bond acceptors (Lipinski definition) is 4. The van der Waals surface area contributed by atoms with E-state index in [1.54, 1.807) is 12.1 Å². The number of aryl methyl sites for hydroxylation is 1. The van der Waals surface area contributed by atoms with Crippen LogP contribution < -0.4 is 5.32 Å². The third-order valence-corrected chi connectivity index (χ3v) is 7.55. The molecule has 0 aromatic heterocycles. The number of piperazine rings is 1. The van der Waals surface area contributed by atoms with Gasteiger partial charge >= 0.3 is 0 Å². The van der Waals surface area contributed by atoms with Crippen LogP contribution in [0.3, 0.4) is 0 Å². The maximum absolute atomic E-state index is 13.5. The first-order valence-electron chi connectivity index (χ1n) is 11.4. The molecule has 0 aliphatic carbocycles. The van der Waals surface area contributed by atoms with E-state index in [4.69, 9.17) is 0 Å². The van der Waals surface area contributed by atoms with Gasteiger partial charge in [0.1, 0.15) is 0 Å². The average Bonchev–Trinajstić information content (AvgIpc) is 2.77. The summed E-state index contributed by atoms with van der Waals surface area (Å²) < 4.78 is 28.5. The van der Waals surface area contributed by atoms with Crippen LogP contribution in [0, 0.1) is 12.8 Å². The van der Waals surface area contributed by atoms with Gasteiger partial charge in [-0.1, -0.05) is 55.8 Å². The van der Waals surface area contributed by atoms with E-state index < -0.39 is 10.0 Å². The van der Waals surface area contributed by atoms with E-state index in [9.17, 15) is 13.2 Å². The molecule has 174 valence electrons. The van der Waals surface area contributed by atoms with Crippen molar-refractivity contribution in [2.24, 2.45) is 5.92 Å². The Hall–Kier alpha value is -2.22. The number of rotatable bonds is 9. The smallest absolute Gasteiger partial charge is 0.243 e. The van der Waals surface area contributed by atoms with Gasteiger partial charge in [-0.05, 0) is 42.5 Å². The van der Waals surface area contributed by atoms with Crippen LogP contribution in [0.5, 0.6) is 0 Å². The molecular weight excluding hydrogens is 422 g/mol. The maximum Gasteiger partial charge on any atom is 0.243 e. The molecule has 2 aromatic rings. The summed E-state index contributed by atoms with van der Waals surface area (Å²) in [6.45, 7) is 9.57. The Morgan fingerprint density at radius 2 is 1.75 bits per heavy atom. The van der Waals surface area contributed by atoms with Crippen molar-refractivity contribution in [1.29, 1.82) is 0 Å². The van der Waals surface area contributed by atoms with Crippen LogP contribution in [0.1, 0.15) is 37.0 Å². The Kier molecular flexibility index (Phi) is 8.45. The van der Waals surface area contributed by atoms with Crippen molar-refractivity contribution in [3.05, 3.63) is 65.2 Å². The van der Waals surface area contributed by atoms with Gasteiger partial charge < -0.3 is 10.2 Å². The Labute approximate surface area is 192 Å². The van der Waals surface area contributed by atoms with Crippen LogP contribution in [0.2, 0.25) is 0 Å². The molecule has 0 bridgehead atoms. The highest BCUT2D eigenvalue weighted by Crippen LogP contribution is 2.21. The topological polar surface area (TPSA) is 69.7 Å². The highest BCUT2D eigenvalue weighted by Gasteiger charge is 2.26. The standard InChI is InChI=1S/C25H35N3O3S/c1-20(2)17-22-7-9-24(10-8-22)32(30,31)28(19-23-6-4-5-21(3)18-23)14-11-25(29)27-15-12-26-13-16-27/h4-10,18,20,26H,11-17,19H2,1-3H3. The number of nitrogens with zero attached hydrogens (tertiary/aromatic N) is 2. The minimum Gasteiger partial charge on any atom is -0.340 e. The van der Waals surface area contributed by atoms with E-state index in [2.05, 4.69) is 19.2 Å². The fraction of sp³-hybridized carbons (Fsp3) is 0.480. The lowest BCUT2D eigenvalue weighted by Gasteiger charge is -2.29. The van der Waals surface area contributed by atoms with Gasteiger partial charge in [-0.15, -0.1) is 0 Å². The van der Waals surface area contributed by atoms with E-state index in [0.717, 1.165) is 36.2 Å². The molecule has 3 rings (SSSR count). The SMILES string of the molecule is Cc1cccc(CN(CCC(=O)N2CCNCC2)S(=O)(=O)c2ccc(CC(C)C)cc2)c1. The highest BCUT2D eigenvalue weighted by atomic mass is 32.2. The molecule has 1 fully saturated rings. The predicted molar refractivity (Wildman–Crippen MR) is 128 cm³/mol. The number of amides is 1.